The third-order valence-corrected chi connectivity index (χ3v) is 5.42. The highest BCUT2D eigenvalue weighted by Crippen LogP contribution is 2.37. The molecule has 1 aromatic heterocycles. The predicted molar refractivity (Wildman–Crippen MR) is 135 cm³/mol. The molecule has 0 aliphatic carbocycles. The largest absolute Gasteiger partial charge is 0.493 e. The number of nitrogens with one attached hydrogen (secondary N) is 1. The van der Waals surface area contributed by atoms with Crippen LogP contribution in [0.5, 0.6) is 23.0 Å². The number of methoxy groups -OCH3 is 1. The van der Waals surface area contributed by atoms with Crippen LogP contribution in [-0.2, 0) is 4.79 Å². The summed E-state index contributed by atoms with van der Waals surface area (Å²) in [4.78, 5) is 27.6. The van der Waals surface area contributed by atoms with Crippen molar-refractivity contribution in [2.24, 2.45) is 5.73 Å². The van der Waals surface area contributed by atoms with Crippen LogP contribution >= 0.6 is 0 Å². The monoisotopic (exact) mass is 505 g/mol. The minimum atomic E-state index is -1.10. The van der Waals surface area contributed by atoms with Gasteiger partial charge in [0.25, 0.3) is 5.91 Å². The quantitative estimate of drug-likeness (QED) is 0.285. The maximum Gasteiger partial charge on any atom is 0.320 e. The van der Waals surface area contributed by atoms with Gasteiger partial charge in [-0.1, -0.05) is 6.07 Å². The van der Waals surface area contributed by atoms with Crippen molar-refractivity contribution in [3.63, 3.8) is 0 Å². The molecule has 190 valence electrons. The molecule has 1 amide bonds. The van der Waals surface area contributed by atoms with Crippen molar-refractivity contribution in [1.29, 1.82) is 0 Å². The predicted octanol–water partition coefficient (Wildman–Crippen LogP) is 4.61. The maximum atomic E-state index is 13.4. The molecule has 1 heterocycles. The van der Waals surface area contributed by atoms with E-state index in [1.165, 1.54) is 25.3 Å². The molecule has 37 heavy (non-hydrogen) atoms. The van der Waals surface area contributed by atoms with Gasteiger partial charge in [-0.3, -0.25) is 14.6 Å². The molecule has 4 rings (SSSR count). The Labute approximate surface area is 211 Å². The molecule has 0 aliphatic rings. The van der Waals surface area contributed by atoms with Crippen LogP contribution in [0.4, 0.5) is 10.1 Å². The van der Waals surface area contributed by atoms with Gasteiger partial charge in [0.1, 0.15) is 23.4 Å². The third kappa shape index (κ3) is 6.30. The van der Waals surface area contributed by atoms with Crippen LogP contribution in [0.25, 0.3) is 10.9 Å². The lowest BCUT2D eigenvalue weighted by Crippen LogP contribution is -2.31. The molecule has 0 saturated carbocycles. The summed E-state index contributed by atoms with van der Waals surface area (Å²) >= 11 is 0. The van der Waals surface area contributed by atoms with E-state index in [-0.39, 0.29) is 18.6 Å². The normalized spacial score (nSPS) is 11.5. The first-order chi connectivity index (χ1) is 17.8. The summed E-state index contributed by atoms with van der Waals surface area (Å²) in [5.74, 6) is -0.167. The number of aromatic nitrogens is 1. The number of halogens is 1. The molecular weight excluding hydrogens is 481 g/mol. The van der Waals surface area contributed by atoms with E-state index in [0.717, 1.165) is 6.07 Å². The number of carboxylic acids is 1. The lowest BCUT2D eigenvalue weighted by molar-refractivity contribution is -0.138. The molecule has 0 spiro atoms. The number of fused-ring (bicyclic) bond motifs is 1. The van der Waals surface area contributed by atoms with E-state index in [4.69, 9.17) is 25.1 Å². The number of pyridine rings is 1. The van der Waals surface area contributed by atoms with Gasteiger partial charge >= 0.3 is 5.97 Å². The van der Waals surface area contributed by atoms with Gasteiger partial charge in [0.15, 0.2) is 11.5 Å². The van der Waals surface area contributed by atoms with Crippen LogP contribution in [0, 0.1) is 5.82 Å². The molecule has 9 nitrogen and oxygen atoms in total. The van der Waals surface area contributed by atoms with Crippen LogP contribution in [0.1, 0.15) is 16.8 Å². The van der Waals surface area contributed by atoms with E-state index in [2.05, 4.69) is 10.3 Å². The van der Waals surface area contributed by atoms with E-state index >= 15 is 0 Å². The number of aliphatic carboxylic acids is 1. The van der Waals surface area contributed by atoms with Gasteiger partial charge < -0.3 is 30.4 Å². The summed E-state index contributed by atoms with van der Waals surface area (Å²) in [5.41, 5.74) is 6.84. The van der Waals surface area contributed by atoms with Gasteiger partial charge in [-0.2, -0.15) is 0 Å². The molecule has 1 unspecified atom stereocenters. The Morgan fingerprint density at radius 2 is 1.84 bits per heavy atom. The number of hydrogen-bond donors (Lipinski definition) is 3. The van der Waals surface area contributed by atoms with Crippen molar-refractivity contribution in [2.75, 3.05) is 19.0 Å². The molecule has 0 bridgehead atoms. The highest BCUT2D eigenvalue weighted by Gasteiger charge is 2.15. The van der Waals surface area contributed by atoms with E-state index in [1.54, 1.807) is 48.7 Å². The number of ether oxygens (including phenoxy) is 3. The lowest BCUT2D eigenvalue weighted by Gasteiger charge is -2.15. The second-order valence-corrected chi connectivity index (χ2v) is 8.00. The smallest absolute Gasteiger partial charge is 0.320 e. The fourth-order valence-corrected chi connectivity index (χ4v) is 3.48. The zero-order valence-electron chi connectivity index (χ0n) is 19.8. The Morgan fingerprint density at radius 1 is 1.05 bits per heavy atom. The fraction of sp³-hybridized carbons (Fsp3) is 0.148. The molecule has 1 atom stereocenters. The third-order valence-electron chi connectivity index (χ3n) is 5.42. The number of nitrogens with two attached hydrogens (primary N) is 1. The summed E-state index contributed by atoms with van der Waals surface area (Å²) in [5, 5.41) is 12.3. The van der Waals surface area contributed by atoms with Gasteiger partial charge in [0.05, 0.1) is 19.2 Å². The maximum absolute atomic E-state index is 13.4. The number of rotatable bonds is 10. The molecule has 10 heteroatoms. The second kappa shape index (κ2) is 11.4. The molecular formula is C27H24FN3O6. The van der Waals surface area contributed by atoms with Crippen molar-refractivity contribution in [3.8, 4) is 23.0 Å². The topological polar surface area (TPSA) is 133 Å². The summed E-state index contributed by atoms with van der Waals surface area (Å²) in [6.07, 6.45) is 1.72. The van der Waals surface area contributed by atoms with Crippen molar-refractivity contribution < 1.29 is 33.3 Å². The van der Waals surface area contributed by atoms with Gasteiger partial charge in [0, 0.05) is 35.3 Å². The molecule has 4 aromatic rings. The summed E-state index contributed by atoms with van der Waals surface area (Å²) in [6.45, 7) is 0.0909. The van der Waals surface area contributed by atoms with Gasteiger partial charge in [0.2, 0.25) is 0 Å². The molecule has 0 aliphatic heterocycles. The number of carboxylic acid groups (broad SMARTS) is 1. The van der Waals surface area contributed by atoms with Crippen molar-refractivity contribution in [3.05, 3.63) is 84.3 Å². The van der Waals surface area contributed by atoms with E-state index in [1.807, 2.05) is 0 Å². The number of hydrogen-bond acceptors (Lipinski definition) is 7. The summed E-state index contributed by atoms with van der Waals surface area (Å²) in [6, 6.07) is 16.2. The summed E-state index contributed by atoms with van der Waals surface area (Å²) in [7, 11) is 1.49. The number of carbonyl (C=O) groups is 2. The Hall–Kier alpha value is -4.70. The molecule has 0 radical (unpaired) electrons. The summed E-state index contributed by atoms with van der Waals surface area (Å²) < 4.78 is 30.6. The Balaban J connectivity index is 1.48. The zero-order valence-corrected chi connectivity index (χ0v) is 19.8. The first-order valence-corrected chi connectivity index (χ1v) is 11.3. The number of anilines is 1. The van der Waals surface area contributed by atoms with Crippen molar-refractivity contribution >= 4 is 28.5 Å². The van der Waals surface area contributed by atoms with Crippen LogP contribution in [0.15, 0.2) is 72.9 Å². The second-order valence-electron chi connectivity index (χ2n) is 8.00. The van der Waals surface area contributed by atoms with Crippen LogP contribution in [-0.4, -0.2) is 41.7 Å². The van der Waals surface area contributed by atoms with Crippen molar-refractivity contribution in [1.82, 2.24) is 4.98 Å². The lowest BCUT2D eigenvalue weighted by atomic mass is 10.1. The number of nitrogens with zero attached hydrogens (tertiary/aromatic N) is 1. The highest BCUT2D eigenvalue weighted by atomic mass is 19.1. The average Bonchev–Trinajstić information content (AvgIpc) is 2.89. The van der Waals surface area contributed by atoms with Gasteiger partial charge in [-0.15, -0.1) is 0 Å². The van der Waals surface area contributed by atoms with E-state index < -0.39 is 23.7 Å². The Bertz CT molecular complexity index is 1430. The van der Waals surface area contributed by atoms with E-state index in [9.17, 15) is 14.0 Å². The van der Waals surface area contributed by atoms with Gasteiger partial charge in [-0.25, -0.2) is 4.39 Å². The SMILES string of the molecule is COc1cc2c(Oc3ccc(NC(=O)c4cccc(F)c4)cc3)ccnc2cc1OCCC(N)C(=O)O. The number of benzene rings is 3. The number of carbonyl (C=O) groups excluding carboxylic acids is 1. The standard InChI is InChI=1S/C27H24FN3O6/c1-35-24-14-20-22(15-25(24)36-12-10-21(29)27(33)34)30-11-9-23(20)37-19-7-5-18(6-8-19)31-26(32)16-3-2-4-17(28)13-16/h2-9,11,13-15,21H,10,12,29H2,1H3,(H,31,32)(H,33,34). The first kappa shape index (κ1) is 25.4. The molecule has 4 N–H and O–H groups in total. The van der Waals surface area contributed by atoms with Gasteiger partial charge in [-0.05, 0) is 54.6 Å². The van der Waals surface area contributed by atoms with Crippen molar-refractivity contribution in [2.45, 2.75) is 12.5 Å². The van der Waals surface area contributed by atoms with E-state index in [0.29, 0.717) is 39.6 Å². The zero-order chi connectivity index (χ0) is 26.4. The first-order valence-electron chi connectivity index (χ1n) is 11.3. The van der Waals surface area contributed by atoms with Crippen LogP contribution in [0.2, 0.25) is 0 Å². The number of amides is 1. The molecule has 3 aromatic carbocycles. The van der Waals surface area contributed by atoms with Crippen LogP contribution in [0.3, 0.4) is 0 Å². The molecule has 0 fully saturated rings. The highest BCUT2D eigenvalue weighted by molar-refractivity contribution is 6.04. The Morgan fingerprint density at radius 3 is 2.54 bits per heavy atom. The Kier molecular flexibility index (Phi) is 7.80. The molecule has 0 saturated heterocycles. The fourth-order valence-electron chi connectivity index (χ4n) is 3.48. The van der Waals surface area contributed by atoms with Crippen LogP contribution < -0.4 is 25.3 Å². The minimum Gasteiger partial charge on any atom is -0.493 e. The minimum absolute atomic E-state index is 0.0909. The average molecular weight is 506 g/mol.